The quantitative estimate of drug-likeness (QED) is 0.523. The Balaban J connectivity index is 2.05. The summed E-state index contributed by atoms with van der Waals surface area (Å²) >= 11 is 0. The van der Waals surface area contributed by atoms with E-state index in [1.165, 1.54) is 4.90 Å². The van der Waals surface area contributed by atoms with Crippen LogP contribution in [0.2, 0.25) is 0 Å². The molecular weight excluding hydrogens is 210 g/mol. The molecule has 0 aromatic heterocycles. The molecule has 0 aromatic carbocycles. The summed E-state index contributed by atoms with van der Waals surface area (Å²) in [5, 5.41) is 8.41. The SMILES string of the molecule is O=C(O)CCCCCCN1C(=O)CCC1=O. The van der Waals surface area contributed by atoms with E-state index < -0.39 is 5.97 Å². The Morgan fingerprint density at radius 2 is 1.62 bits per heavy atom. The summed E-state index contributed by atoms with van der Waals surface area (Å²) in [5.74, 6) is -0.920. The number of carboxylic acids is 1. The van der Waals surface area contributed by atoms with Gasteiger partial charge in [-0.25, -0.2) is 0 Å². The van der Waals surface area contributed by atoms with Gasteiger partial charge in [0.15, 0.2) is 0 Å². The third-order valence-electron chi connectivity index (χ3n) is 2.68. The van der Waals surface area contributed by atoms with Crippen LogP contribution in [0.5, 0.6) is 0 Å². The lowest BCUT2D eigenvalue weighted by Crippen LogP contribution is -2.29. The smallest absolute Gasteiger partial charge is 0.303 e. The lowest BCUT2D eigenvalue weighted by Gasteiger charge is -2.12. The second-order valence-corrected chi connectivity index (χ2v) is 4.00. The van der Waals surface area contributed by atoms with Gasteiger partial charge in [0.2, 0.25) is 11.8 Å². The Hall–Kier alpha value is -1.39. The van der Waals surface area contributed by atoms with Crippen LogP contribution in [0.15, 0.2) is 0 Å². The minimum atomic E-state index is -0.773. The zero-order valence-corrected chi connectivity index (χ0v) is 9.28. The Labute approximate surface area is 94.4 Å². The molecule has 1 rings (SSSR count). The fourth-order valence-corrected chi connectivity index (χ4v) is 1.77. The molecular formula is C11H17NO4. The first kappa shape index (κ1) is 12.7. The highest BCUT2D eigenvalue weighted by Gasteiger charge is 2.27. The van der Waals surface area contributed by atoms with Gasteiger partial charge in [0.05, 0.1) is 0 Å². The van der Waals surface area contributed by atoms with Crippen molar-refractivity contribution < 1.29 is 19.5 Å². The molecule has 0 radical (unpaired) electrons. The van der Waals surface area contributed by atoms with Crippen LogP contribution in [0.25, 0.3) is 0 Å². The van der Waals surface area contributed by atoms with Crippen LogP contribution in [0, 0.1) is 0 Å². The van der Waals surface area contributed by atoms with Gasteiger partial charge in [0.25, 0.3) is 0 Å². The lowest BCUT2D eigenvalue weighted by atomic mass is 10.1. The summed E-state index contributed by atoms with van der Waals surface area (Å²) in [5.41, 5.74) is 0. The van der Waals surface area contributed by atoms with E-state index in [4.69, 9.17) is 5.11 Å². The van der Waals surface area contributed by atoms with Gasteiger partial charge in [0, 0.05) is 25.8 Å². The molecule has 2 amide bonds. The molecule has 1 heterocycles. The number of nitrogens with zero attached hydrogens (tertiary/aromatic N) is 1. The fourth-order valence-electron chi connectivity index (χ4n) is 1.77. The van der Waals surface area contributed by atoms with Crippen LogP contribution in [-0.2, 0) is 14.4 Å². The number of aliphatic carboxylic acids is 1. The minimum Gasteiger partial charge on any atom is -0.481 e. The van der Waals surface area contributed by atoms with Crippen LogP contribution < -0.4 is 0 Å². The molecule has 90 valence electrons. The number of carboxylic acid groups (broad SMARTS) is 1. The van der Waals surface area contributed by atoms with Crippen LogP contribution in [-0.4, -0.2) is 34.3 Å². The molecule has 1 saturated heterocycles. The van der Waals surface area contributed by atoms with E-state index in [1.807, 2.05) is 0 Å². The second kappa shape index (κ2) is 6.25. The molecule has 1 fully saturated rings. The van der Waals surface area contributed by atoms with E-state index in [2.05, 4.69) is 0 Å². The molecule has 0 aromatic rings. The highest BCUT2D eigenvalue weighted by atomic mass is 16.4. The van der Waals surface area contributed by atoms with Crippen molar-refractivity contribution in [3.63, 3.8) is 0 Å². The molecule has 0 bridgehead atoms. The molecule has 0 saturated carbocycles. The number of rotatable bonds is 7. The van der Waals surface area contributed by atoms with Crippen molar-refractivity contribution in [1.82, 2.24) is 4.90 Å². The summed E-state index contributed by atoms with van der Waals surface area (Å²) in [7, 11) is 0. The van der Waals surface area contributed by atoms with Crippen molar-refractivity contribution in [2.24, 2.45) is 0 Å². The predicted molar refractivity (Wildman–Crippen MR) is 56.7 cm³/mol. The summed E-state index contributed by atoms with van der Waals surface area (Å²) in [6, 6.07) is 0. The van der Waals surface area contributed by atoms with Gasteiger partial charge in [-0.1, -0.05) is 12.8 Å². The Morgan fingerprint density at radius 1 is 1.06 bits per heavy atom. The van der Waals surface area contributed by atoms with Gasteiger partial charge in [-0.2, -0.15) is 0 Å². The normalized spacial score (nSPS) is 15.9. The van der Waals surface area contributed by atoms with Crippen molar-refractivity contribution in [1.29, 1.82) is 0 Å². The number of carbonyl (C=O) groups excluding carboxylic acids is 2. The number of unbranched alkanes of at least 4 members (excludes halogenated alkanes) is 3. The molecule has 5 nitrogen and oxygen atoms in total. The number of carbonyl (C=O) groups is 3. The first-order valence-corrected chi connectivity index (χ1v) is 5.66. The van der Waals surface area contributed by atoms with Crippen LogP contribution in [0.4, 0.5) is 0 Å². The molecule has 5 heteroatoms. The zero-order valence-electron chi connectivity index (χ0n) is 9.28. The highest BCUT2D eigenvalue weighted by molar-refractivity contribution is 6.01. The maximum atomic E-state index is 11.2. The van der Waals surface area contributed by atoms with Crippen molar-refractivity contribution in [2.45, 2.75) is 44.9 Å². The zero-order chi connectivity index (χ0) is 12.0. The van der Waals surface area contributed by atoms with Crippen LogP contribution >= 0.6 is 0 Å². The van der Waals surface area contributed by atoms with Crippen molar-refractivity contribution >= 4 is 17.8 Å². The number of amides is 2. The molecule has 1 aliphatic heterocycles. The topological polar surface area (TPSA) is 74.7 Å². The lowest BCUT2D eigenvalue weighted by molar-refractivity contribution is -0.139. The number of imide groups is 1. The van der Waals surface area contributed by atoms with E-state index in [9.17, 15) is 14.4 Å². The fraction of sp³-hybridized carbons (Fsp3) is 0.727. The monoisotopic (exact) mass is 227 g/mol. The predicted octanol–water partition coefficient (Wildman–Crippen LogP) is 1.17. The number of hydrogen-bond acceptors (Lipinski definition) is 3. The third-order valence-corrected chi connectivity index (χ3v) is 2.68. The summed E-state index contributed by atoms with van der Waals surface area (Å²) in [6.07, 6.45) is 4.03. The van der Waals surface area contributed by atoms with E-state index in [1.54, 1.807) is 0 Å². The first-order valence-electron chi connectivity index (χ1n) is 5.66. The Morgan fingerprint density at radius 3 is 2.19 bits per heavy atom. The Kier molecular flexibility index (Phi) is 4.95. The average molecular weight is 227 g/mol. The molecule has 0 unspecified atom stereocenters. The maximum absolute atomic E-state index is 11.2. The van der Waals surface area contributed by atoms with Gasteiger partial charge >= 0.3 is 5.97 Å². The van der Waals surface area contributed by atoms with Gasteiger partial charge in [-0.05, 0) is 12.8 Å². The Bertz CT molecular complexity index is 272. The number of hydrogen-bond donors (Lipinski definition) is 1. The van der Waals surface area contributed by atoms with Gasteiger partial charge in [0.1, 0.15) is 0 Å². The maximum Gasteiger partial charge on any atom is 0.303 e. The van der Waals surface area contributed by atoms with E-state index in [0.29, 0.717) is 25.8 Å². The van der Waals surface area contributed by atoms with Gasteiger partial charge in [-0.3, -0.25) is 19.3 Å². The summed E-state index contributed by atoms with van der Waals surface area (Å²) in [6.45, 7) is 0.491. The van der Waals surface area contributed by atoms with Crippen LogP contribution in [0.3, 0.4) is 0 Å². The van der Waals surface area contributed by atoms with E-state index in [0.717, 1.165) is 19.3 Å². The second-order valence-electron chi connectivity index (χ2n) is 4.00. The molecule has 1 aliphatic rings. The molecule has 1 N–H and O–H groups in total. The van der Waals surface area contributed by atoms with Gasteiger partial charge in [-0.15, -0.1) is 0 Å². The molecule has 0 spiro atoms. The van der Waals surface area contributed by atoms with Gasteiger partial charge < -0.3 is 5.11 Å². The summed E-state index contributed by atoms with van der Waals surface area (Å²) in [4.78, 5) is 34.0. The van der Waals surface area contributed by atoms with Crippen LogP contribution in [0.1, 0.15) is 44.9 Å². The molecule has 0 aliphatic carbocycles. The largest absolute Gasteiger partial charge is 0.481 e. The first-order chi connectivity index (χ1) is 7.61. The standard InChI is InChI=1S/C11H17NO4/c13-9-6-7-10(14)12(9)8-4-2-1-3-5-11(15)16/h1-8H2,(H,15,16). The van der Waals surface area contributed by atoms with Crippen molar-refractivity contribution in [2.75, 3.05) is 6.54 Å². The van der Waals surface area contributed by atoms with Crippen molar-refractivity contribution in [3.05, 3.63) is 0 Å². The van der Waals surface area contributed by atoms with E-state index >= 15 is 0 Å². The molecule has 0 atom stereocenters. The highest BCUT2D eigenvalue weighted by Crippen LogP contribution is 2.13. The average Bonchev–Trinajstić information content (AvgIpc) is 2.53. The minimum absolute atomic E-state index is 0.0736. The third kappa shape index (κ3) is 4.00. The molecule has 16 heavy (non-hydrogen) atoms. The number of likely N-dealkylation sites (tertiary alicyclic amines) is 1. The van der Waals surface area contributed by atoms with E-state index in [-0.39, 0.29) is 18.2 Å². The van der Waals surface area contributed by atoms with Crippen molar-refractivity contribution in [3.8, 4) is 0 Å². The summed E-state index contributed by atoms with van der Waals surface area (Å²) < 4.78 is 0.